The average Bonchev–Trinajstić information content (AvgIpc) is 2.38. The first-order valence-corrected chi connectivity index (χ1v) is 6.41. The van der Waals surface area contributed by atoms with Crippen molar-refractivity contribution in [3.63, 3.8) is 0 Å². The number of aromatic nitrogens is 3. The lowest BCUT2D eigenvalue weighted by atomic mass is 10.1. The van der Waals surface area contributed by atoms with E-state index in [1.165, 1.54) is 5.56 Å². The summed E-state index contributed by atoms with van der Waals surface area (Å²) in [5, 5.41) is 3.32. The molecular formula is C13H16ClN5. The summed E-state index contributed by atoms with van der Waals surface area (Å²) in [5.41, 5.74) is 2.18. The number of halogens is 1. The predicted molar refractivity (Wildman–Crippen MR) is 78.3 cm³/mol. The molecule has 0 fully saturated rings. The summed E-state index contributed by atoms with van der Waals surface area (Å²) < 4.78 is 0. The third-order valence-corrected chi connectivity index (χ3v) is 2.76. The topological polar surface area (TPSA) is 53.9 Å². The van der Waals surface area contributed by atoms with Crippen LogP contribution in [0.2, 0.25) is 5.28 Å². The molecule has 0 aliphatic carbocycles. The number of aryl methyl sites for hydroxylation is 1. The standard InChI is InChI=1S/C13H16ClN5/c1-4-9-6-5-7-10(8-9)15-12-16-11(14)17-13(18-12)19(2)3/h5-8H,4H2,1-3H3,(H,15,16,17,18). The smallest absolute Gasteiger partial charge is 0.233 e. The minimum Gasteiger partial charge on any atom is -0.347 e. The highest BCUT2D eigenvalue weighted by molar-refractivity contribution is 6.28. The van der Waals surface area contributed by atoms with E-state index in [1.54, 1.807) is 4.90 Å². The van der Waals surface area contributed by atoms with Gasteiger partial charge in [-0.05, 0) is 35.7 Å². The van der Waals surface area contributed by atoms with E-state index in [1.807, 2.05) is 26.2 Å². The second-order valence-electron chi connectivity index (χ2n) is 4.30. The molecule has 0 amide bonds. The molecule has 0 bridgehead atoms. The monoisotopic (exact) mass is 277 g/mol. The number of nitrogens with one attached hydrogen (secondary N) is 1. The van der Waals surface area contributed by atoms with E-state index in [0.717, 1.165) is 12.1 Å². The summed E-state index contributed by atoms with van der Waals surface area (Å²) in [6.45, 7) is 2.11. The molecular weight excluding hydrogens is 262 g/mol. The molecule has 19 heavy (non-hydrogen) atoms. The van der Waals surface area contributed by atoms with Crippen LogP contribution in [0.3, 0.4) is 0 Å². The Bertz CT molecular complexity index is 571. The van der Waals surface area contributed by atoms with Crippen LogP contribution >= 0.6 is 11.6 Å². The molecule has 0 radical (unpaired) electrons. The van der Waals surface area contributed by atoms with Gasteiger partial charge in [0.25, 0.3) is 0 Å². The molecule has 1 heterocycles. The molecule has 0 aliphatic heterocycles. The van der Waals surface area contributed by atoms with Gasteiger partial charge in [0.2, 0.25) is 17.2 Å². The zero-order chi connectivity index (χ0) is 13.8. The first-order valence-electron chi connectivity index (χ1n) is 6.03. The van der Waals surface area contributed by atoms with E-state index in [-0.39, 0.29) is 5.28 Å². The van der Waals surface area contributed by atoms with E-state index in [0.29, 0.717) is 11.9 Å². The van der Waals surface area contributed by atoms with E-state index >= 15 is 0 Å². The van der Waals surface area contributed by atoms with Gasteiger partial charge in [-0.1, -0.05) is 19.1 Å². The molecule has 0 atom stereocenters. The summed E-state index contributed by atoms with van der Waals surface area (Å²) in [6, 6.07) is 8.10. The van der Waals surface area contributed by atoms with Crippen LogP contribution in [0, 0.1) is 0 Å². The molecule has 100 valence electrons. The molecule has 5 nitrogen and oxygen atoms in total. The summed E-state index contributed by atoms with van der Waals surface area (Å²) in [6.07, 6.45) is 0.983. The zero-order valence-electron chi connectivity index (χ0n) is 11.2. The maximum atomic E-state index is 5.89. The van der Waals surface area contributed by atoms with Gasteiger partial charge in [0.1, 0.15) is 0 Å². The van der Waals surface area contributed by atoms with Crippen molar-refractivity contribution >= 4 is 29.2 Å². The Balaban J connectivity index is 2.27. The van der Waals surface area contributed by atoms with Crippen molar-refractivity contribution in [2.24, 2.45) is 0 Å². The molecule has 0 saturated heterocycles. The first kappa shape index (κ1) is 13.5. The van der Waals surface area contributed by atoms with Gasteiger partial charge in [-0.25, -0.2) is 0 Å². The zero-order valence-corrected chi connectivity index (χ0v) is 11.9. The van der Waals surface area contributed by atoms with Crippen LogP contribution in [0.5, 0.6) is 0 Å². The van der Waals surface area contributed by atoms with E-state index in [9.17, 15) is 0 Å². The molecule has 2 aromatic rings. The van der Waals surface area contributed by atoms with Crippen molar-refractivity contribution in [1.29, 1.82) is 0 Å². The van der Waals surface area contributed by atoms with Crippen molar-refractivity contribution in [2.45, 2.75) is 13.3 Å². The number of hydrogen-bond donors (Lipinski definition) is 1. The lowest BCUT2D eigenvalue weighted by Crippen LogP contribution is -2.14. The fraction of sp³-hybridized carbons (Fsp3) is 0.308. The van der Waals surface area contributed by atoms with Gasteiger partial charge in [-0.2, -0.15) is 15.0 Å². The van der Waals surface area contributed by atoms with Crippen LogP contribution in [0.4, 0.5) is 17.6 Å². The fourth-order valence-electron chi connectivity index (χ4n) is 1.59. The number of rotatable bonds is 4. The molecule has 2 rings (SSSR count). The third-order valence-electron chi connectivity index (χ3n) is 2.59. The third kappa shape index (κ3) is 3.54. The van der Waals surface area contributed by atoms with E-state index < -0.39 is 0 Å². The Hall–Kier alpha value is -1.88. The van der Waals surface area contributed by atoms with E-state index in [2.05, 4.69) is 39.3 Å². The van der Waals surface area contributed by atoms with Crippen molar-refractivity contribution < 1.29 is 0 Å². The molecule has 0 unspecified atom stereocenters. The molecule has 1 aromatic heterocycles. The number of benzene rings is 1. The van der Waals surface area contributed by atoms with Crippen molar-refractivity contribution in [1.82, 2.24) is 15.0 Å². The Kier molecular flexibility index (Phi) is 4.16. The molecule has 1 N–H and O–H groups in total. The maximum Gasteiger partial charge on any atom is 0.233 e. The summed E-state index contributed by atoms with van der Waals surface area (Å²) in [4.78, 5) is 14.2. The lowest BCUT2D eigenvalue weighted by Gasteiger charge is -2.12. The van der Waals surface area contributed by atoms with Gasteiger partial charge in [-0.3, -0.25) is 0 Å². The Morgan fingerprint density at radius 3 is 2.68 bits per heavy atom. The highest BCUT2D eigenvalue weighted by Crippen LogP contribution is 2.18. The minimum atomic E-state index is 0.174. The van der Waals surface area contributed by atoms with E-state index in [4.69, 9.17) is 11.6 Å². The Morgan fingerprint density at radius 1 is 1.21 bits per heavy atom. The summed E-state index contributed by atoms with van der Waals surface area (Å²) >= 11 is 5.89. The van der Waals surface area contributed by atoms with Crippen LogP contribution < -0.4 is 10.2 Å². The minimum absolute atomic E-state index is 0.174. The number of hydrogen-bond acceptors (Lipinski definition) is 5. The lowest BCUT2D eigenvalue weighted by molar-refractivity contribution is 0.961. The molecule has 0 spiro atoms. The van der Waals surface area contributed by atoms with Crippen molar-refractivity contribution in [2.75, 3.05) is 24.3 Å². The van der Waals surface area contributed by atoms with Gasteiger partial charge < -0.3 is 10.2 Å². The summed E-state index contributed by atoms with van der Waals surface area (Å²) in [5.74, 6) is 0.964. The quantitative estimate of drug-likeness (QED) is 0.931. The average molecular weight is 278 g/mol. The van der Waals surface area contributed by atoms with Crippen LogP contribution in [0.25, 0.3) is 0 Å². The normalized spacial score (nSPS) is 10.3. The van der Waals surface area contributed by atoms with Gasteiger partial charge >= 0.3 is 0 Å². The highest BCUT2D eigenvalue weighted by atomic mass is 35.5. The number of nitrogens with zero attached hydrogens (tertiary/aromatic N) is 4. The maximum absolute atomic E-state index is 5.89. The molecule has 1 aromatic carbocycles. The second kappa shape index (κ2) is 5.84. The van der Waals surface area contributed by atoms with Gasteiger partial charge in [-0.15, -0.1) is 0 Å². The van der Waals surface area contributed by atoms with Crippen LogP contribution in [-0.4, -0.2) is 29.0 Å². The van der Waals surface area contributed by atoms with Gasteiger partial charge in [0.05, 0.1) is 0 Å². The van der Waals surface area contributed by atoms with Crippen LogP contribution in [-0.2, 0) is 6.42 Å². The molecule has 6 heteroatoms. The molecule has 0 aliphatic rings. The molecule has 0 saturated carbocycles. The fourth-order valence-corrected chi connectivity index (χ4v) is 1.75. The second-order valence-corrected chi connectivity index (χ2v) is 4.64. The van der Waals surface area contributed by atoms with Crippen molar-refractivity contribution in [3.05, 3.63) is 35.1 Å². The van der Waals surface area contributed by atoms with Crippen LogP contribution in [0.1, 0.15) is 12.5 Å². The van der Waals surface area contributed by atoms with Crippen LogP contribution in [0.15, 0.2) is 24.3 Å². The largest absolute Gasteiger partial charge is 0.347 e. The predicted octanol–water partition coefficient (Wildman–Crippen LogP) is 2.90. The Labute approximate surface area is 117 Å². The van der Waals surface area contributed by atoms with Gasteiger partial charge in [0.15, 0.2) is 0 Å². The highest BCUT2D eigenvalue weighted by Gasteiger charge is 2.07. The Morgan fingerprint density at radius 2 is 2.00 bits per heavy atom. The summed E-state index contributed by atoms with van der Waals surface area (Å²) in [7, 11) is 3.71. The van der Waals surface area contributed by atoms with Crippen molar-refractivity contribution in [3.8, 4) is 0 Å². The van der Waals surface area contributed by atoms with Gasteiger partial charge in [0, 0.05) is 19.8 Å². The first-order chi connectivity index (χ1) is 9.08. The SMILES string of the molecule is CCc1cccc(Nc2nc(Cl)nc(N(C)C)n2)c1. The number of anilines is 3.